The van der Waals surface area contributed by atoms with Crippen molar-refractivity contribution in [1.82, 2.24) is 15.0 Å². The van der Waals surface area contributed by atoms with Crippen LogP contribution in [0.4, 0.5) is 11.9 Å². The van der Waals surface area contributed by atoms with Gasteiger partial charge in [0, 0.05) is 17.8 Å². The fraction of sp³-hybridized carbons (Fsp3) is 0.769. The molecule has 0 amide bonds. The molecule has 1 fully saturated rings. The molecule has 0 aromatic carbocycles. The van der Waals surface area contributed by atoms with E-state index in [1.807, 2.05) is 11.8 Å². The van der Waals surface area contributed by atoms with Crippen LogP contribution in [0.25, 0.3) is 0 Å². The lowest BCUT2D eigenvalue weighted by Crippen LogP contribution is -2.28. The number of nitrogens with one attached hydrogen (secondary N) is 2. The number of aromatic nitrogens is 3. The Hall–Kier alpha value is -0.750. The SMILES string of the molecule is CCCNc1nc(Cl)nc(NC2CCC(SC)CC2)n1. The second kappa shape index (κ2) is 7.88. The Balaban J connectivity index is 1.93. The largest absolute Gasteiger partial charge is 0.354 e. The number of halogens is 1. The molecule has 1 aromatic heterocycles. The molecule has 1 aromatic rings. The van der Waals surface area contributed by atoms with Crippen LogP contribution >= 0.6 is 23.4 Å². The molecule has 1 heterocycles. The molecular formula is C13H22ClN5S. The molecule has 20 heavy (non-hydrogen) atoms. The van der Waals surface area contributed by atoms with E-state index in [-0.39, 0.29) is 5.28 Å². The molecule has 0 unspecified atom stereocenters. The zero-order chi connectivity index (χ0) is 14.4. The van der Waals surface area contributed by atoms with E-state index in [0.717, 1.165) is 31.1 Å². The summed E-state index contributed by atoms with van der Waals surface area (Å²) in [6.45, 7) is 2.93. The maximum atomic E-state index is 5.95. The number of rotatable bonds is 6. The van der Waals surface area contributed by atoms with Crippen LogP contribution in [0.1, 0.15) is 39.0 Å². The normalized spacial score (nSPS) is 22.6. The van der Waals surface area contributed by atoms with Gasteiger partial charge in [0.05, 0.1) is 0 Å². The van der Waals surface area contributed by atoms with Crippen LogP contribution in [-0.2, 0) is 0 Å². The molecule has 0 atom stereocenters. The minimum Gasteiger partial charge on any atom is -0.354 e. The minimum atomic E-state index is 0.235. The Morgan fingerprint density at radius 3 is 2.50 bits per heavy atom. The highest BCUT2D eigenvalue weighted by atomic mass is 35.5. The average molecular weight is 316 g/mol. The highest BCUT2D eigenvalue weighted by Crippen LogP contribution is 2.28. The second-order valence-electron chi connectivity index (χ2n) is 5.03. The first-order valence-corrected chi connectivity index (χ1v) is 8.82. The summed E-state index contributed by atoms with van der Waals surface area (Å²) >= 11 is 7.91. The van der Waals surface area contributed by atoms with Gasteiger partial charge in [0.15, 0.2) is 0 Å². The maximum absolute atomic E-state index is 5.95. The molecule has 1 saturated carbocycles. The molecule has 0 saturated heterocycles. The van der Waals surface area contributed by atoms with Gasteiger partial charge in [0.1, 0.15) is 0 Å². The second-order valence-corrected chi connectivity index (χ2v) is 6.51. The summed E-state index contributed by atoms with van der Waals surface area (Å²) in [5.74, 6) is 1.13. The summed E-state index contributed by atoms with van der Waals surface area (Å²) in [6, 6.07) is 0.441. The van der Waals surface area contributed by atoms with E-state index in [9.17, 15) is 0 Å². The Labute approximate surface area is 129 Å². The van der Waals surface area contributed by atoms with Gasteiger partial charge in [-0.1, -0.05) is 6.92 Å². The number of hydrogen-bond donors (Lipinski definition) is 2. The van der Waals surface area contributed by atoms with Crippen molar-refractivity contribution in [3.05, 3.63) is 5.28 Å². The van der Waals surface area contributed by atoms with Crippen molar-refractivity contribution in [3.8, 4) is 0 Å². The third-order valence-corrected chi connectivity index (χ3v) is 4.79. The van der Waals surface area contributed by atoms with Crippen molar-refractivity contribution in [2.24, 2.45) is 0 Å². The van der Waals surface area contributed by atoms with Gasteiger partial charge in [-0.05, 0) is 50.0 Å². The van der Waals surface area contributed by atoms with Crippen LogP contribution in [0, 0.1) is 0 Å². The Bertz CT molecular complexity index is 423. The lowest BCUT2D eigenvalue weighted by molar-refractivity contribution is 0.471. The number of anilines is 2. The number of hydrogen-bond acceptors (Lipinski definition) is 6. The van der Waals surface area contributed by atoms with Crippen LogP contribution in [0.5, 0.6) is 0 Å². The van der Waals surface area contributed by atoms with E-state index in [2.05, 4.69) is 38.8 Å². The Morgan fingerprint density at radius 1 is 1.15 bits per heavy atom. The predicted molar refractivity (Wildman–Crippen MR) is 86.8 cm³/mol. The van der Waals surface area contributed by atoms with Crippen LogP contribution in [0.15, 0.2) is 0 Å². The first-order chi connectivity index (χ1) is 9.71. The van der Waals surface area contributed by atoms with Crippen LogP contribution in [0.2, 0.25) is 5.28 Å². The summed E-state index contributed by atoms with van der Waals surface area (Å²) in [5.41, 5.74) is 0. The zero-order valence-electron chi connectivity index (χ0n) is 12.0. The summed E-state index contributed by atoms with van der Waals surface area (Å²) in [6.07, 6.45) is 8.02. The third kappa shape index (κ3) is 4.66. The molecule has 0 spiro atoms. The average Bonchev–Trinajstić information content (AvgIpc) is 2.45. The molecule has 2 rings (SSSR count). The van der Waals surface area contributed by atoms with Gasteiger partial charge in [-0.25, -0.2) is 0 Å². The molecule has 0 bridgehead atoms. The topological polar surface area (TPSA) is 62.7 Å². The molecule has 0 aliphatic heterocycles. The number of thioether (sulfide) groups is 1. The molecule has 5 nitrogen and oxygen atoms in total. The third-order valence-electron chi connectivity index (χ3n) is 3.48. The Morgan fingerprint density at radius 2 is 1.85 bits per heavy atom. The fourth-order valence-electron chi connectivity index (χ4n) is 2.36. The summed E-state index contributed by atoms with van der Waals surface area (Å²) in [7, 11) is 0. The molecule has 1 aliphatic rings. The standard InChI is InChI=1S/C13H22ClN5S/c1-3-8-15-12-17-11(14)18-13(19-12)16-9-4-6-10(20-2)7-5-9/h9-10H,3-8H2,1-2H3,(H2,15,16,17,18,19). The lowest BCUT2D eigenvalue weighted by Gasteiger charge is -2.28. The molecule has 0 radical (unpaired) electrons. The quantitative estimate of drug-likeness (QED) is 0.838. The van der Waals surface area contributed by atoms with Crippen molar-refractivity contribution in [1.29, 1.82) is 0 Å². The van der Waals surface area contributed by atoms with E-state index >= 15 is 0 Å². The van der Waals surface area contributed by atoms with Crippen molar-refractivity contribution in [2.75, 3.05) is 23.4 Å². The summed E-state index contributed by atoms with van der Waals surface area (Å²) in [4.78, 5) is 12.6. The molecule has 1 aliphatic carbocycles. The minimum absolute atomic E-state index is 0.235. The number of nitrogens with zero attached hydrogens (tertiary/aromatic N) is 3. The van der Waals surface area contributed by atoms with Crippen LogP contribution in [0.3, 0.4) is 0 Å². The highest BCUT2D eigenvalue weighted by molar-refractivity contribution is 7.99. The first-order valence-electron chi connectivity index (χ1n) is 7.16. The summed E-state index contributed by atoms with van der Waals surface area (Å²) in [5, 5.41) is 7.56. The summed E-state index contributed by atoms with van der Waals surface area (Å²) < 4.78 is 0. The van der Waals surface area contributed by atoms with E-state index < -0.39 is 0 Å². The van der Waals surface area contributed by atoms with Crippen LogP contribution in [-0.4, -0.2) is 39.0 Å². The van der Waals surface area contributed by atoms with Crippen molar-refractivity contribution in [3.63, 3.8) is 0 Å². The van der Waals surface area contributed by atoms with E-state index in [1.54, 1.807) is 0 Å². The van der Waals surface area contributed by atoms with E-state index in [4.69, 9.17) is 11.6 Å². The van der Waals surface area contributed by atoms with E-state index in [0.29, 0.717) is 17.9 Å². The molecule has 112 valence electrons. The van der Waals surface area contributed by atoms with Gasteiger partial charge < -0.3 is 10.6 Å². The van der Waals surface area contributed by atoms with Gasteiger partial charge in [0.2, 0.25) is 17.2 Å². The lowest BCUT2D eigenvalue weighted by atomic mass is 9.95. The Kier molecular flexibility index (Phi) is 6.16. The maximum Gasteiger partial charge on any atom is 0.229 e. The first kappa shape index (κ1) is 15.6. The van der Waals surface area contributed by atoms with Crippen molar-refractivity contribution < 1.29 is 0 Å². The van der Waals surface area contributed by atoms with Crippen molar-refractivity contribution in [2.45, 2.75) is 50.3 Å². The monoisotopic (exact) mass is 315 g/mol. The van der Waals surface area contributed by atoms with Crippen LogP contribution < -0.4 is 10.6 Å². The predicted octanol–water partition coefficient (Wildman–Crippen LogP) is 3.43. The zero-order valence-corrected chi connectivity index (χ0v) is 13.6. The molecule has 7 heteroatoms. The van der Waals surface area contributed by atoms with Gasteiger partial charge in [-0.2, -0.15) is 26.7 Å². The van der Waals surface area contributed by atoms with Gasteiger partial charge in [-0.15, -0.1) is 0 Å². The molecular weight excluding hydrogens is 294 g/mol. The van der Waals surface area contributed by atoms with Gasteiger partial charge in [0.25, 0.3) is 0 Å². The van der Waals surface area contributed by atoms with Gasteiger partial charge >= 0.3 is 0 Å². The highest BCUT2D eigenvalue weighted by Gasteiger charge is 2.21. The van der Waals surface area contributed by atoms with Crippen molar-refractivity contribution >= 4 is 35.3 Å². The van der Waals surface area contributed by atoms with E-state index in [1.165, 1.54) is 12.8 Å². The molecule has 2 N–H and O–H groups in total. The van der Waals surface area contributed by atoms with Gasteiger partial charge in [-0.3, -0.25) is 0 Å². The fourth-order valence-corrected chi connectivity index (χ4v) is 3.26. The smallest absolute Gasteiger partial charge is 0.229 e.